The van der Waals surface area contributed by atoms with E-state index >= 15 is 0 Å². The van der Waals surface area contributed by atoms with E-state index in [1.807, 2.05) is 19.1 Å². The number of halogens is 1. The number of ketones is 1. The van der Waals surface area contributed by atoms with Crippen LogP contribution in [0.5, 0.6) is 0 Å². The molecule has 2 N–H and O–H groups in total. The van der Waals surface area contributed by atoms with E-state index in [0.29, 0.717) is 23.7 Å². The second-order valence-corrected chi connectivity index (χ2v) is 5.64. The smallest absolute Gasteiger partial charge is 0.257 e. The maximum absolute atomic E-state index is 11.6. The average Bonchev–Trinajstić information content (AvgIpc) is 3.16. The Bertz CT molecular complexity index is 646. The van der Waals surface area contributed by atoms with Crippen LogP contribution in [0.3, 0.4) is 0 Å². The van der Waals surface area contributed by atoms with Crippen LogP contribution >= 0.6 is 12.4 Å². The molecule has 1 fully saturated rings. The van der Waals surface area contributed by atoms with Gasteiger partial charge in [0.25, 0.3) is 5.89 Å². The third-order valence-electron chi connectivity index (χ3n) is 4.14. The highest BCUT2D eigenvalue weighted by atomic mass is 35.5. The minimum Gasteiger partial charge on any atom is -0.334 e. The Balaban J connectivity index is 0.00000176. The molecule has 6 heteroatoms. The summed E-state index contributed by atoms with van der Waals surface area (Å²) in [6.07, 6.45) is 4.51. The molecule has 1 aliphatic rings. The maximum atomic E-state index is 11.6. The number of nitrogens with zero attached hydrogens (tertiary/aromatic N) is 2. The summed E-state index contributed by atoms with van der Waals surface area (Å²) < 4.78 is 5.33. The monoisotopic (exact) mass is 321 g/mol. The molecule has 0 atom stereocenters. The minimum atomic E-state index is -0.445. The van der Waals surface area contributed by atoms with Gasteiger partial charge >= 0.3 is 0 Å². The van der Waals surface area contributed by atoms with Gasteiger partial charge in [-0.1, -0.05) is 37.1 Å². The summed E-state index contributed by atoms with van der Waals surface area (Å²) in [5, 5.41) is 4.04. The summed E-state index contributed by atoms with van der Waals surface area (Å²) in [6.45, 7) is 1.85. The van der Waals surface area contributed by atoms with Gasteiger partial charge in [0, 0.05) is 17.5 Å². The number of carbonyl (C=O) groups excluding carboxylic acids is 1. The zero-order valence-electron chi connectivity index (χ0n) is 12.5. The Kier molecular flexibility index (Phi) is 4.98. The fourth-order valence-corrected chi connectivity index (χ4v) is 2.78. The molecular formula is C16H20ClN3O2. The van der Waals surface area contributed by atoms with E-state index in [2.05, 4.69) is 10.1 Å². The molecule has 2 aromatic rings. The Morgan fingerprint density at radius 2 is 1.91 bits per heavy atom. The van der Waals surface area contributed by atoms with Crippen molar-refractivity contribution in [3.8, 4) is 11.5 Å². The minimum absolute atomic E-state index is 0. The van der Waals surface area contributed by atoms with E-state index in [-0.39, 0.29) is 18.2 Å². The molecule has 1 aromatic heterocycles. The maximum Gasteiger partial charge on any atom is 0.257 e. The van der Waals surface area contributed by atoms with Crippen LogP contribution in [0.2, 0.25) is 0 Å². The van der Waals surface area contributed by atoms with Gasteiger partial charge in [-0.05, 0) is 25.0 Å². The molecule has 1 aliphatic carbocycles. The molecule has 118 valence electrons. The average molecular weight is 322 g/mol. The van der Waals surface area contributed by atoms with Gasteiger partial charge in [0.15, 0.2) is 11.6 Å². The van der Waals surface area contributed by atoms with Crippen molar-refractivity contribution < 1.29 is 9.32 Å². The summed E-state index contributed by atoms with van der Waals surface area (Å²) >= 11 is 0. The van der Waals surface area contributed by atoms with Gasteiger partial charge in [0.2, 0.25) is 0 Å². The van der Waals surface area contributed by atoms with Crippen LogP contribution in [0, 0.1) is 0 Å². The van der Waals surface area contributed by atoms with Crippen molar-refractivity contribution in [3.05, 3.63) is 35.7 Å². The number of nitrogens with two attached hydrogens (primary N) is 1. The van der Waals surface area contributed by atoms with Crippen molar-refractivity contribution >= 4 is 18.2 Å². The predicted octanol–water partition coefficient (Wildman–Crippen LogP) is 3.48. The number of carbonyl (C=O) groups is 1. The molecule has 0 radical (unpaired) electrons. The largest absolute Gasteiger partial charge is 0.334 e. The number of Topliss-reactive ketones (excluding diaryl/α,β-unsaturated/α-hetero) is 1. The SMILES string of the molecule is CCC(=O)c1ccc(-c2nc(C3(N)CCCC3)no2)cc1.Cl. The summed E-state index contributed by atoms with van der Waals surface area (Å²) in [5.74, 6) is 1.17. The highest BCUT2D eigenvalue weighted by Gasteiger charge is 2.36. The molecule has 1 saturated carbocycles. The van der Waals surface area contributed by atoms with Crippen LogP contribution in [-0.2, 0) is 5.54 Å². The first-order valence-corrected chi connectivity index (χ1v) is 7.39. The normalized spacial score (nSPS) is 16.3. The number of aromatic nitrogens is 2. The molecule has 22 heavy (non-hydrogen) atoms. The molecule has 0 aliphatic heterocycles. The molecular weight excluding hydrogens is 302 g/mol. The lowest BCUT2D eigenvalue weighted by Gasteiger charge is -2.17. The second kappa shape index (κ2) is 6.58. The van der Waals surface area contributed by atoms with E-state index in [0.717, 1.165) is 31.2 Å². The van der Waals surface area contributed by atoms with Crippen LogP contribution in [0.1, 0.15) is 55.2 Å². The Labute approximate surface area is 135 Å². The molecule has 1 heterocycles. The van der Waals surface area contributed by atoms with Gasteiger partial charge in [-0.15, -0.1) is 12.4 Å². The molecule has 5 nitrogen and oxygen atoms in total. The number of benzene rings is 1. The lowest BCUT2D eigenvalue weighted by molar-refractivity contribution is 0.0988. The molecule has 3 rings (SSSR count). The van der Waals surface area contributed by atoms with Crippen LogP contribution in [-0.4, -0.2) is 15.9 Å². The Morgan fingerprint density at radius 3 is 2.50 bits per heavy atom. The quantitative estimate of drug-likeness (QED) is 0.872. The number of hydrogen-bond acceptors (Lipinski definition) is 5. The van der Waals surface area contributed by atoms with E-state index in [4.69, 9.17) is 10.3 Å². The standard InChI is InChI=1S/C16H19N3O2.ClH/c1-2-13(20)11-5-7-12(8-6-11)14-18-15(19-21-14)16(17)9-3-4-10-16;/h5-8H,2-4,9-10,17H2,1H3;1H. The Morgan fingerprint density at radius 1 is 1.27 bits per heavy atom. The van der Waals surface area contributed by atoms with Gasteiger partial charge in [-0.2, -0.15) is 4.98 Å². The first kappa shape index (κ1) is 16.6. The van der Waals surface area contributed by atoms with Crippen molar-refractivity contribution in [1.29, 1.82) is 0 Å². The Hall–Kier alpha value is -1.72. The van der Waals surface area contributed by atoms with Crippen LogP contribution in [0.15, 0.2) is 28.8 Å². The predicted molar refractivity (Wildman–Crippen MR) is 85.9 cm³/mol. The summed E-state index contributed by atoms with van der Waals surface area (Å²) in [5.41, 5.74) is 7.39. The van der Waals surface area contributed by atoms with Crippen LogP contribution in [0.4, 0.5) is 0 Å². The van der Waals surface area contributed by atoms with E-state index in [1.54, 1.807) is 12.1 Å². The van der Waals surface area contributed by atoms with Crippen molar-refractivity contribution in [3.63, 3.8) is 0 Å². The molecule has 0 bridgehead atoms. The molecule has 1 aromatic carbocycles. The molecule has 0 saturated heterocycles. The lowest BCUT2D eigenvalue weighted by atomic mass is 9.98. The number of rotatable bonds is 4. The summed E-state index contributed by atoms with van der Waals surface area (Å²) in [4.78, 5) is 16.1. The van der Waals surface area contributed by atoms with Crippen molar-refractivity contribution in [2.45, 2.75) is 44.6 Å². The highest BCUT2D eigenvalue weighted by molar-refractivity contribution is 5.96. The first-order chi connectivity index (χ1) is 10.1. The van der Waals surface area contributed by atoms with E-state index < -0.39 is 5.54 Å². The van der Waals surface area contributed by atoms with Crippen molar-refractivity contribution in [2.75, 3.05) is 0 Å². The second-order valence-electron chi connectivity index (χ2n) is 5.64. The van der Waals surface area contributed by atoms with Crippen LogP contribution < -0.4 is 5.73 Å². The molecule has 0 unspecified atom stereocenters. The first-order valence-electron chi connectivity index (χ1n) is 7.39. The van der Waals surface area contributed by atoms with Crippen molar-refractivity contribution in [1.82, 2.24) is 10.1 Å². The zero-order chi connectivity index (χ0) is 14.9. The van der Waals surface area contributed by atoms with Gasteiger partial charge in [-0.25, -0.2) is 0 Å². The van der Waals surface area contributed by atoms with Gasteiger partial charge < -0.3 is 10.3 Å². The van der Waals surface area contributed by atoms with E-state index in [1.165, 1.54) is 0 Å². The fraction of sp³-hybridized carbons (Fsp3) is 0.438. The lowest BCUT2D eigenvalue weighted by Crippen LogP contribution is -2.34. The zero-order valence-corrected chi connectivity index (χ0v) is 13.4. The molecule has 0 spiro atoms. The topological polar surface area (TPSA) is 82.0 Å². The number of hydrogen-bond donors (Lipinski definition) is 1. The fourth-order valence-electron chi connectivity index (χ4n) is 2.78. The van der Waals surface area contributed by atoms with Crippen molar-refractivity contribution in [2.24, 2.45) is 5.73 Å². The molecule has 0 amide bonds. The van der Waals surface area contributed by atoms with Crippen LogP contribution in [0.25, 0.3) is 11.5 Å². The van der Waals surface area contributed by atoms with Gasteiger partial charge in [-0.3, -0.25) is 4.79 Å². The summed E-state index contributed by atoms with van der Waals surface area (Å²) in [6, 6.07) is 7.24. The third-order valence-corrected chi connectivity index (χ3v) is 4.14. The third kappa shape index (κ3) is 3.05. The van der Waals surface area contributed by atoms with E-state index in [9.17, 15) is 4.79 Å². The highest BCUT2D eigenvalue weighted by Crippen LogP contribution is 2.35. The van der Waals surface area contributed by atoms with Gasteiger partial charge in [0.1, 0.15) is 0 Å². The van der Waals surface area contributed by atoms with Gasteiger partial charge in [0.05, 0.1) is 5.54 Å². The summed E-state index contributed by atoms with van der Waals surface area (Å²) in [7, 11) is 0.